The smallest absolute Gasteiger partial charge is 0.0589 e. The molecule has 0 fully saturated rings. The molecule has 0 bridgehead atoms. The van der Waals surface area contributed by atoms with Gasteiger partial charge in [-0.05, 0) is 38.2 Å². The molecular weight excluding hydrogens is 253 g/mol. The first-order valence-corrected chi connectivity index (χ1v) is 6.70. The molecule has 1 atom stereocenters. The van der Waals surface area contributed by atoms with E-state index in [9.17, 15) is 4.21 Å². The van der Waals surface area contributed by atoms with E-state index in [0.717, 1.165) is 13.0 Å². The van der Waals surface area contributed by atoms with Crippen LogP contribution in [0.5, 0.6) is 0 Å². The summed E-state index contributed by atoms with van der Waals surface area (Å²) in [4.78, 5) is 0.625. The predicted molar refractivity (Wildman–Crippen MR) is 66.3 cm³/mol. The maximum absolute atomic E-state index is 11.8. The lowest BCUT2D eigenvalue weighted by atomic mass is 10.4. The van der Waals surface area contributed by atoms with Crippen LogP contribution in [0.15, 0.2) is 23.1 Å². The lowest BCUT2D eigenvalue weighted by Gasteiger charge is -2.04. The Bertz CT molecular complexity index is 357. The third-order valence-corrected chi connectivity index (χ3v) is 4.06. The second-order valence-corrected chi connectivity index (χ2v) is 5.46. The molecule has 0 aromatic heterocycles. The van der Waals surface area contributed by atoms with Gasteiger partial charge in [0.15, 0.2) is 0 Å². The summed E-state index contributed by atoms with van der Waals surface area (Å²) in [5.41, 5.74) is 0. The lowest BCUT2D eigenvalue weighted by molar-refractivity contribution is 0.677. The van der Waals surface area contributed by atoms with E-state index >= 15 is 0 Å². The number of rotatable bonds is 5. The largest absolute Gasteiger partial charge is 0.320 e. The van der Waals surface area contributed by atoms with Crippen molar-refractivity contribution in [2.75, 3.05) is 19.3 Å². The monoisotopic (exact) mass is 265 g/mol. The zero-order chi connectivity index (χ0) is 11.3. The Balaban J connectivity index is 2.68. The van der Waals surface area contributed by atoms with E-state index in [1.54, 1.807) is 18.2 Å². The minimum Gasteiger partial charge on any atom is -0.320 e. The molecule has 1 rings (SSSR count). The minimum absolute atomic E-state index is 0.516. The zero-order valence-electron chi connectivity index (χ0n) is 8.43. The van der Waals surface area contributed by atoms with Gasteiger partial charge in [-0.1, -0.05) is 23.2 Å². The summed E-state index contributed by atoms with van der Waals surface area (Å²) in [6.07, 6.45) is 0.853. The average Bonchev–Trinajstić information content (AvgIpc) is 2.22. The number of hydrogen-bond acceptors (Lipinski definition) is 2. The second kappa shape index (κ2) is 6.48. The van der Waals surface area contributed by atoms with Crippen LogP contribution in [0.2, 0.25) is 10.0 Å². The molecule has 0 saturated heterocycles. The number of nitrogens with one attached hydrogen (secondary N) is 1. The Morgan fingerprint density at radius 2 is 2.13 bits per heavy atom. The number of benzene rings is 1. The highest BCUT2D eigenvalue weighted by atomic mass is 35.5. The predicted octanol–water partition coefficient (Wildman–Crippen LogP) is 2.71. The molecule has 0 aliphatic carbocycles. The van der Waals surface area contributed by atoms with E-state index in [-0.39, 0.29) is 0 Å². The fourth-order valence-electron chi connectivity index (χ4n) is 1.14. The van der Waals surface area contributed by atoms with Crippen LogP contribution in [0.1, 0.15) is 6.42 Å². The van der Waals surface area contributed by atoms with Crippen LogP contribution < -0.4 is 5.32 Å². The minimum atomic E-state index is -1.06. The van der Waals surface area contributed by atoms with Crippen molar-refractivity contribution in [3.8, 4) is 0 Å². The number of hydrogen-bond donors (Lipinski definition) is 1. The topological polar surface area (TPSA) is 29.1 Å². The molecule has 1 N–H and O–H groups in total. The number of halogens is 2. The third kappa shape index (κ3) is 4.11. The lowest BCUT2D eigenvalue weighted by Crippen LogP contribution is -2.11. The molecule has 0 radical (unpaired) electrons. The molecule has 0 spiro atoms. The van der Waals surface area contributed by atoms with Crippen molar-refractivity contribution in [1.29, 1.82) is 0 Å². The van der Waals surface area contributed by atoms with Crippen LogP contribution in [0.3, 0.4) is 0 Å². The summed E-state index contributed by atoms with van der Waals surface area (Å²) in [7, 11) is 0.807. The summed E-state index contributed by atoms with van der Waals surface area (Å²) < 4.78 is 11.8. The first-order valence-electron chi connectivity index (χ1n) is 4.63. The second-order valence-electron chi connectivity index (χ2n) is 3.08. The van der Waals surface area contributed by atoms with Gasteiger partial charge in [-0.3, -0.25) is 4.21 Å². The van der Waals surface area contributed by atoms with Crippen LogP contribution in [0.25, 0.3) is 0 Å². The highest BCUT2D eigenvalue weighted by molar-refractivity contribution is 7.85. The quantitative estimate of drug-likeness (QED) is 0.830. The maximum atomic E-state index is 11.8. The summed E-state index contributed by atoms with van der Waals surface area (Å²) in [6.45, 7) is 0.851. The van der Waals surface area contributed by atoms with Crippen LogP contribution in [0, 0.1) is 0 Å². The van der Waals surface area contributed by atoms with Crippen molar-refractivity contribution in [2.45, 2.75) is 11.3 Å². The van der Waals surface area contributed by atoms with Gasteiger partial charge in [0.2, 0.25) is 0 Å². The molecule has 1 aromatic carbocycles. The molecule has 84 valence electrons. The van der Waals surface area contributed by atoms with E-state index in [1.165, 1.54) is 0 Å². The van der Waals surface area contributed by atoms with Crippen LogP contribution in [-0.4, -0.2) is 23.6 Å². The standard InChI is InChI=1S/C10H13Cl2NOS/c1-13-5-2-6-15(14)10-7-8(11)3-4-9(10)12/h3-4,7,13H,2,5-6H2,1H3. The molecule has 1 aromatic rings. The molecule has 0 saturated carbocycles. The van der Waals surface area contributed by atoms with Crippen molar-refractivity contribution in [3.05, 3.63) is 28.2 Å². The fourth-order valence-corrected chi connectivity index (χ4v) is 2.92. The van der Waals surface area contributed by atoms with Gasteiger partial charge >= 0.3 is 0 Å². The highest BCUT2D eigenvalue weighted by Gasteiger charge is 2.08. The summed E-state index contributed by atoms with van der Waals surface area (Å²) in [5, 5.41) is 4.09. The summed E-state index contributed by atoms with van der Waals surface area (Å²) in [6, 6.07) is 5.03. The normalized spacial score (nSPS) is 12.7. The van der Waals surface area contributed by atoms with Crippen LogP contribution in [0.4, 0.5) is 0 Å². The molecule has 15 heavy (non-hydrogen) atoms. The van der Waals surface area contributed by atoms with E-state index in [0.29, 0.717) is 20.7 Å². The van der Waals surface area contributed by atoms with Crippen molar-refractivity contribution in [3.63, 3.8) is 0 Å². The first kappa shape index (κ1) is 13.0. The van der Waals surface area contributed by atoms with Crippen molar-refractivity contribution >= 4 is 34.0 Å². The summed E-state index contributed by atoms with van der Waals surface area (Å²) in [5.74, 6) is 0.598. The zero-order valence-corrected chi connectivity index (χ0v) is 10.8. The molecular formula is C10H13Cl2NOS. The van der Waals surface area contributed by atoms with Gasteiger partial charge < -0.3 is 5.32 Å². The van der Waals surface area contributed by atoms with Crippen molar-refractivity contribution in [2.24, 2.45) is 0 Å². The highest BCUT2D eigenvalue weighted by Crippen LogP contribution is 2.23. The van der Waals surface area contributed by atoms with E-state index < -0.39 is 10.8 Å². The van der Waals surface area contributed by atoms with E-state index in [2.05, 4.69) is 5.32 Å². The Morgan fingerprint density at radius 1 is 1.40 bits per heavy atom. The molecule has 0 amide bonds. The molecule has 2 nitrogen and oxygen atoms in total. The Morgan fingerprint density at radius 3 is 2.80 bits per heavy atom. The summed E-state index contributed by atoms with van der Waals surface area (Å²) >= 11 is 11.8. The fraction of sp³-hybridized carbons (Fsp3) is 0.400. The molecule has 0 aliphatic heterocycles. The van der Waals surface area contributed by atoms with Crippen LogP contribution in [-0.2, 0) is 10.8 Å². The van der Waals surface area contributed by atoms with Gasteiger partial charge in [-0.15, -0.1) is 0 Å². The third-order valence-electron chi connectivity index (χ3n) is 1.90. The first-order chi connectivity index (χ1) is 7.15. The van der Waals surface area contributed by atoms with E-state index in [4.69, 9.17) is 23.2 Å². The van der Waals surface area contributed by atoms with Crippen molar-refractivity contribution in [1.82, 2.24) is 5.32 Å². The Kier molecular flexibility index (Phi) is 5.61. The van der Waals surface area contributed by atoms with Gasteiger partial charge in [0, 0.05) is 10.8 Å². The van der Waals surface area contributed by atoms with Gasteiger partial charge in [0.05, 0.1) is 20.7 Å². The molecule has 0 heterocycles. The van der Waals surface area contributed by atoms with Gasteiger partial charge in [-0.25, -0.2) is 0 Å². The Hall–Kier alpha value is -0.0900. The average molecular weight is 266 g/mol. The van der Waals surface area contributed by atoms with E-state index in [1.807, 2.05) is 7.05 Å². The Labute approximate surface area is 102 Å². The van der Waals surface area contributed by atoms with Gasteiger partial charge in [0.25, 0.3) is 0 Å². The van der Waals surface area contributed by atoms with Crippen LogP contribution >= 0.6 is 23.2 Å². The maximum Gasteiger partial charge on any atom is 0.0589 e. The molecule has 0 aliphatic rings. The van der Waals surface area contributed by atoms with Crippen molar-refractivity contribution < 1.29 is 4.21 Å². The molecule has 1 unspecified atom stereocenters. The molecule has 5 heteroatoms. The SMILES string of the molecule is CNCCCS(=O)c1cc(Cl)ccc1Cl. The van der Waals surface area contributed by atoms with Gasteiger partial charge in [-0.2, -0.15) is 0 Å². The van der Waals surface area contributed by atoms with Gasteiger partial charge in [0.1, 0.15) is 0 Å².